The summed E-state index contributed by atoms with van der Waals surface area (Å²) < 4.78 is 5.02. The Morgan fingerprint density at radius 1 is 0.800 bits per heavy atom. The molecule has 4 aromatic rings. The monoisotopic (exact) mass is 487 g/mol. The molecule has 35 heavy (non-hydrogen) atoms. The predicted molar refractivity (Wildman–Crippen MR) is 138 cm³/mol. The zero-order chi connectivity index (χ0) is 24.9. The van der Waals surface area contributed by atoms with Crippen molar-refractivity contribution in [1.82, 2.24) is 0 Å². The van der Waals surface area contributed by atoms with Crippen LogP contribution in [0.4, 0.5) is 21.9 Å². The van der Waals surface area contributed by atoms with Crippen LogP contribution in [0.3, 0.4) is 0 Å². The average molecular weight is 488 g/mol. The zero-order valence-corrected chi connectivity index (χ0v) is 19.8. The number of rotatable bonds is 5. The molecule has 7 nitrogen and oxygen atoms in total. The fourth-order valence-electron chi connectivity index (χ4n) is 3.56. The standard InChI is InChI=1S/C27H22ClN3O4/c1-16-6-5-9-23(28)25(16)31-27(34)30-24-15-19-8-4-3-7-18(19)14-22(24)26(33)29-20-10-12-21(13-11-20)35-17(2)32/h3-15H,1-2H3,(H,29,33)(H2,30,31,34). The lowest BCUT2D eigenvalue weighted by atomic mass is 10.0. The minimum Gasteiger partial charge on any atom is -0.427 e. The molecule has 0 heterocycles. The maximum absolute atomic E-state index is 13.2. The number of halogens is 1. The second-order valence-electron chi connectivity index (χ2n) is 7.83. The zero-order valence-electron chi connectivity index (χ0n) is 19.0. The predicted octanol–water partition coefficient (Wildman–Crippen LogP) is 6.62. The van der Waals surface area contributed by atoms with Gasteiger partial charge in [0.25, 0.3) is 5.91 Å². The molecule has 0 spiro atoms. The van der Waals surface area contributed by atoms with Gasteiger partial charge in [0.2, 0.25) is 0 Å². The van der Waals surface area contributed by atoms with Crippen LogP contribution in [0.15, 0.2) is 78.9 Å². The van der Waals surface area contributed by atoms with Gasteiger partial charge in [0.15, 0.2) is 0 Å². The summed E-state index contributed by atoms with van der Waals surface area (Å²) in [7, 11) is 0. The van der Waals surface area contributed by atoms with E-state index in [1.807, 2.05) is 37.3 Å². The number of esters is 1. The van der Waals surface area contributed by atoms with Crippen molar-refractivity contribution in [2.24, 2.45) is 0 Å². The highest BCUT2D eigenvalue weighted by Crippen LogP contribution is 2.28. The second kappa shape index (κ2) is 10.3. The third kappa shape index (κ3) is 5.77. The van der Waals surface area contributed by atoms with Crippen LogP contribution in [0, 0.1) is 6.92 Å². The van der Waals surface area contributed by atoms with E-state index in [1.165, 1.54) is 6.92 Å². The fraction of sp³-hybridized carbons (Fsp3) is 0.0741. The summed E-state index contributed by atoms with van der Waals surface area (Å²) in [6.07, 6.45) is 0. The van der Waals surface area contributed by atoms with Gasteiger partial charge in [0, 0.05) is 12.6 Å². The number of nitrogens with one attached hydrogen (secondary N) is 3. The average Bonchev–Trinajstić information content (AvgIpc) is 2.82. The highest BCUT2D eigenvalue weighted by Gasteiger charge is 2.17. The van der Waals surface area contributed by atoms with Gasteiger partial charge in [-0.1, -0.05) is 48.0 Å². The highest BCUT2D eigenvalue weighted by atomic mass is 35.5. The molecule has 0 saturated carbocycles. The molecular formula is C27H22ClN3O4. The lowest BCUT2D eigenvalue weighted by molar-refractivity contribution is -0.131. The van der Waals surface area contributed by atoms with E-state index >= 15 is 0 Å². The molecule has 0 aliphatic rings. The molecule has 0 aliphatic heterocycles. The number of amides is 3. The second-order valence-corrected chi connectivity index (χ2v) is 8.24. The quantitative estimate of drug-likeness (QED) is 0.217. The number of urea groups is 1. The first-order valence-corrected chi connectivity index (χ1v) is 11.1. The first-order chi connectivity index (χ1) is 16.8. The van der Waals surface area contributed by atoms with Crippen LogP contribution in [0.25, 0.3) is 10.8 Å². The molecule has 0 unspecified atom stereocenters. The van der Waals surface area contributed by atoms with Gasteiger partial charge in [-0.2, -0.15) is 0 Å². The van der Waals surface area contributed by atoms with Gasteiger partial charge in [0.1, 0.15) is 5.75 Å². The lowest BCUT2D eigenvalue weighted by Crippen LogP contribution is -2.23. The summed E-state index contributed by atoms with van der Waals surface area (Å²) >= 11 is 6.23. The van der Waals surface area contributed by atoms with Crippen LogP contribution in [0.2, 0.25) is 5.02 Å². The minimum absolute atomic E-state index is 0.277. The third-order valence-corrected chi connectivity index (χ3v) is 5.53. The molecule has 0 radical (unpaired) electrons. The normalized spacial score (nSPS) is 10.5. The summed E-state index contributed by atoms with van der Waals surface area (Å²) in [6, 6.07) is 22.2. The van der Waals surface area contributed by atoms with Crippen molar-refractivity contribution >= 4 is 57.3 Å². The molecule has 0 bridgehead atoms. The summed E-state index contributed by atoms with van der Waals surface area (Å²) in [4.78, 5) is 37.1. The highest BCUT2D eigenvalue weighted by molar-refractivity contribution is 6.34. The molecule has 0 saturated heterocycles. The summed E-state index contributed by atoms with van der Waals surface area (Å²) in [5, 5.41) is 10.5. The number of hydrogen-bond acceptors (Lipinski definition) is 4. The van der Waals surface area contributed by atoms with Crippen molar-refractivity contribution in [3.05, 3.63) is 95.0 Å². The fourth-order valence-corrected chi connectivity index (χ4v) is 3.83. The number of hydrogen-bond donors (Lipinski definition) is 3. The van der Waals surface area contributed by atoms with Gasteiger partial charge >= 0.3 is 12.0 Å². The van der Waals surface area contributed by atoms with Crippen LogP contribution < -0.4 is 20.7 Å². The van der Waals surface area contributed by atoms with Crippen molar-refractivity contribution in [1.29, 1.82) is 0 Å². The molecule has 0 aliphatic carbocycles. The number of para-hydroxylation sites is 1. The van der Waals surface area contributed by atoms with Crippen molar-refractivity contribution < 1.29 is 19.1 Å². The van der Waals surface area contributed by atoms with Gasteiger partial charge in [-0.05, 0) is 65.7 Å². The number of benzene rings is 4. The number of anilines is 3. The van der Waals surface area contributed by atoms with Crippen LogP contribution in [0.1, 0.15) is 22.8 Å². The van der Waals surface area contributed by atoms with E-state index in [4.69, 9.17) is 16.3 Å². The van der Waals surface area contributed by atoms with Gasteiger partial charge in [-0.15, -0.1) is 0 Å². The van der Waals surface area contributed by atoms with Crippen molar-refractivity contribution in [3.8, 4) is 5.75 Å². The molecular weight excluding hydrogens is 466 g/mol. The molecule has 4 aromatic carbocycles. The van der Waals surface area contributed by atoms with E-state index in [1.54, 1.807) is 48.5 Å². The Balaban J connectivity index is 1.61. The Bertz CT molecular complexity index is 1410. The molecule has 3 N–H and O–H groups in total. The smallest absolute Gasteiger partial charge is 0.323 e. The Morgan fingerprint density at radius 3 is 2.14 bits per heavy atom. The Morgan fingerprint density at radius 2 is 1.49 bits per heavy atom. The van der Waals surface area contributed by atoms with E-state index < -0.39 is 17.9 Å². The third-order valence-electron chi connectivity index (χ3n) is 5.21. The van der Waals surface area contributed by atoms with E-state index in [9.17, 15) is 14.4 Å². The summed E-state index contributed by atoms with van der Waals surface area (Å²) in [5.74, 6) is -0.478. The van der Waals surface area contributed by atoms with Gasteiger partial charge in [-0.25, -0.2) is 4.79 Å². The SMILES string of the molecule is CC(=O)Oc1ccc(NC(=O)c2cc3ccccc3cc2NC(=O)Nc2c(C)cccc2Cl)cc1. The lowest BCUT2D eigenvalue weighted by Gasteiger charge is -2.15. The summed E-state index contributed by atoms with van der Waals surface area (Å²) in [5.41, 5.74) is 2.41. The van der Waals surface area contributed by atoms with Crippen molar-refractivity contribution in [2.45, 2.75) is 13.8 Å². The number of carbonyl (C=O) groups excluding carboxylic acids is 3. The number of ether oxygens (including phenoxy) is 1. The Labute approximate surface area is 207 Å². The Hall–Kier alpha value is -4.36. The maximum Gasteiger partial charge on any atom is 0.323 e. The molecule has 176 valence electrons. The minimum atomic E-state index is -0.531. The first kappa shape index (κ1) is 23.8. The van der Waals surface area contributed by atoms with Gasteiger partial charge in [-0.3, -0.25) is 9.59 Å². The van der Waals surface area contributed by atoms with Crippen LogP contribution in [-0.2, 0) is 4.79 Å². The van der Waals surface area contributed by atoms with E-state index in [0.717, 1.165) is 16.3 Å². The molecule has 3 amide bonds. The van der Waals surface area contributed by atoms with Crippen molar-refractivity contribution in [2.75, 3.05) is 16.0 Å². The molecule has 0 fully saturated rings. The van der Waals surface area contributed by atoms with Crippen molar-refractivity contribution in [3.63, 3.8) is 0 Å². The van der Waals surface area contributed by atoms with E-state index in [2.05, 4.69) is 16.0 Å². The molecule has 8 heteroatoms. The van der Waals surface area contributed by atoms with Gasteiger partial charge < -0.3 is 20.7 Å². The summed E-state index contributed by atoms with van der Waals surface area (Å²) in [6.45, 7) is 3.15. The molecule has 0 atom stereocenters. The maximum atomic E-state index is 13.2. The van der Waals surface area contributed by atoms with E-state index in [-0.39, 0.29) is 5.56 Å². The topological polar surface area (TPSA) is 96.5 Å². The van der Waals surface area contributed by atoms with Crippen LogP contribution in [-0.4, -0.2) is 17.9 Å². The largest absolute Gasteiger partial charge is 0.427 e. The Kier molecular flexibility index (Phi) is 6.98. The van der Waals surface area contributed by atoms with E-state index in [0.29, 0.717) is 27.8 Å². The number of fused-ring (bicyclic) bond motifs is 1. The number of aryl methyl sites for hydroxylation is 1. The van der Waals surface area contributed by atoms with Crippen LogP contribution >= 0.6 is 11.6 Å². The van der Waals surface area contributed by atoms with Crippen LogP contribution in [0.5, 0.6) is 5.75 Å². The number of carbonyl (C=O) groups is 3. The first-order valence-electron chi connectivity index (χ1n) is 10.8. The molecule has 4 rings (SSSR count). The van der Waals surface area contributed by atoms with Gasteiger partial charge in [0.05, 0.1) is 22.0 Å². The molecule has 0 aromatic heterocycles.